The van der Waals surface area contributed by atoms with Crippen LogP contribution in [0.25, 0.3) is 0 Å². The third-order valence-corrected chi connectivity index (χ3v) is 5.14. The normalized spacial score (nSPS) is 28.6. The lowest BCUT2D eigenvalue weighted by atomic mass is 10.0. The van der Waals surface area contributed by atoms with Gasteiger partial charge in [-0.15, -0.1) is 0 Å². The second-order valence-corrected chi connectivity index (χ2v) is 7.20. The van der Waals surface area contributed by atoms with Crippen LogP contribution < -0.4 is 5.32 Å². The first kappa shape index (κ1) is 17.2. The Labute approximate surface area is 131 Å². The van der Waals surface area contributed by atoms with Crippen molar-refractivity contribution in [2.45, 2.75) is 38.6 Å². The molecule has 2 aliphatic rings. The predicted molar refractivity (Wildman–Crippen MR) is 90.9 cm³/mol. The van der Waals surface area contributed by atoms with Gasteiger partial charge in [0.05, 0.1) is 0 Å². The van der Waals surface area contributed by atoms with Crippen molar-refractivity contribution in [3.8, 4) is 0 Å². The van der Waals surface area contributed by atoms with Crippen LogP contribution in [0.3, 0.4) is 0 Å². The lowest BCUT2D eigenvalue weighted by Gasteiger charge is -2.37. The summed E-state index contributed by atoms with van der Waals surface area (Å²) in [6.07, 6.45) is 5.51. The maximum atomic E-state index is 3.77. The van der Waals surface area contributed by atoms with Crippen molar-refractivity contribution in [3.05, 3.63) is 0 Å². The molecule has 0 spiro atoms. The maximum absolute atomic E-state index is 3.77. The number of hydrogen-bond donors (Lipinski definition) is 1. The number of nitrogens with zero attached hydrogens (tertiary/aromatic N) is 3. The number of piperazine rings is 1. The Kier molecular flexibility index (Phi) is 7.44. The van der Waals surface area contributed by atoms with E-state index < -0.39 is 0 Å². The van der Waals surface area contributed by atoms with Crippen molar-refractivity contribution >= 4 is 0 Å². The molecule has 2 fully saturated rings. The van der Waals surface area contributed by atoms with E-state index in [2.05, 4.69) is 41.0 Å². The van der Waals surface area contributed by atoms with Gasteiger partial charge in [0.15, 0.2) is 0 Å². The summed E-state index contributed by atoms with van der Waals surface area (Å²) in [4.78, 5) is 7.62. The molecule has 1 saturated carbocycles. The zero-order valence-corrected chi connectivity index (χ0v) is 14.5. The molecule has 0 aromatic rings. The molecule has 0 aromatic carbocycles. The molecule has 1 aliphatic carbocycles. The van der Waals surface area contributed by atoms with Gasteiger partial charge in [0.1, 0.15) is 0 Å². The van der Waals surface area contributed by atoms with Gasteiger partial charge < -0.3 is 15.1 Å². The summed E-state index contributed by atoms with van der Waals surface area (Å²) in [6, 6.07) is 0.789. The van der Waals surface area contributed by atoms with Crippen molar-refractivity contribution in [1.82, 2.24) is 20.0 Å². The molecular weight excluding hydrogens is 260 g/mol. The highest BCUT2D eigenvalue weighted by molar-refractivity contribution is 4.86. The number of likely N-dealkylation sites (N-methyl/N-ethyl adjacent to an activating group) is 1. The van der Waals surface area contributed by atoms with Crippen LogP contribution in [0.4, 0.5) is 0 Å². The van der Waals surface area contributed by atoms with Crippen molar-refractivity contribution in [2.24, 2.45) is 5.92 Å². The topological polar surface area (TPSA) is 21.8 Å². The highest BCUT2D eigenvalue weighted by Gasteiger charge is 2.29. The lowest BCUT2D eigenvalue weighted by molar-refractivity contribution is 0.108. The van der Waals surface area contributed by atoms with E-state index in [9.17, 15) is 0 Å². The molecule has 0 aromatic heterocycles. The Bertz CT molecular complexity index is 274. The van der Waals surface area contributed by atoms with Crippen molar-refractivity contribution < 1.29 is 0 Å². The van der Waals surface area contributed by atoms with Gasteiger partial charge in [-0.1, -0.05) is 13.3 Å². The van der Waals surface area contributed by atoms with E-state index in [1.165, 1.54) is 78.0 Å². The first-order valence-corrected chi connectivity index (χ1v) is 9.02. The van der Waals surface area contributed by atoms with Gasteiger partial charge in [0.2, 0.25) is 0 Å². The Hall–Kier alpha value is -0.160. The van der Waals surface area contributed by atoms with Crippen molar-refractivity contribution in [3.63, 3.8) is 0 Å². The Morgan fingerprint density at radius 2 is 1.76 bits per heavy atom. The van der Waals surface area contributed by atoms with E-state index in [1.54, 1.807) is 0 Å². The number of nitrogens with one attached hydrogen (secondary N) is 1. The summed E-state index contributed by atoms with van der Waals surface area (Å²) >= 11 is 0. The fourth-order valence-electron chi connectivity index (χ4n) is 3.72. The molecule has 2 rings (SSSR count). The van der Waals surface area contributed by atoms with Gasteiger partial charge in [-0.2, -0.15) is 0 Å². The molecular formula is C17H36N4. The highest BCUT2D eigenvalue weighted by atomic mass is 15.3. The maximum Gasteiger partial charge on any atom is 0.0110 e. The van der Waals surface area contributed by atoms with Crippen LogP contribution in [0.2, 0.25) is 0 Å². The minimum absolute atomic E-state index is 0.789. The molecule has 2 atom stereocenters. The number of rotatable bonds is 8. The highest BCUT2D eigenvalue weighted by Crippen LogP contribution is 2.26. The molecule has 0 radical (unpaired) electrons. The molecule has 4 heteroatoms. The molecule has 1 heterocycles. The van der Waals surface area contributed by atoms with Gasteiger partial charge in [-0.3, -0.25) is 4.90 Å². The standard InChI is InChI=1S/C17H36N4/c1-4-8-18-17-7-5-6-16(17)15-21-13-11-20(12-14-21)10-9-19(2)3/h16-18H,4-15H2,1-3H3. The van der Waals surface area contributed by atoms with Gasteiger partial charge in [0, 0.05) is 51.9 Å². The third kappa shape index (κ3) is 5.85. The largest absolute Gasteiger partial charge is 0.314 e. The van der Waals surface area contributed by atoms with E-state index in [1.807, 2.05) is 0 Å². The SMILES string of the molecule is CCCNC1CCCC1CN1CCN(CCN(C)C)CC1. The summed E-state index contributed by atoms with van der Waals surface area (Å²) in [5.41, 5.74) is 0. The van der Waals surface area contributed by atoms with Gasteiger partial charge in [-0.05, 0) is 45.8 Å². The smallest absolute Gasteiger partial charge is 0.0110 e. The van der Waals surface area contributed by atoms with Gasteiger partial charge >= 0.3 is 0 Å². The minimum Gasteiger partial charge on any atom is -0.314 e. The van der Waals surface area contributed by atoms with E-state index in [0.717, 1.165) is 12.0 Å². The summed E-state index contributed by atoms with van der Waals surface area (Å²) in [7, 11) is 4.33. The average molecular weight is 297 g/mol. The molecule has 1 saturated heterocycles. The van der Waals surface area contributed by atoms with E-state index in [0.29, 0.717) is 0 Å². The van der Waals surface area contributed by atoms with Crippen LogP contribution in [0.15, 0.2) is 0 Å². The molecule has 4 nitrogen and oxygen atoms in total. The molecule has 0 bridgehead atoms. The van der Waals surface area contributed by atoms with Crippen LogP contribution in [-0.2, 0) is 0 Å². The van der Waals surface area contributed by atoms with Crippen LogP contribution in [0.1, 0.15) is 32.6 Å². The second kappa shape index (κ2) is 9.09. The van der Waals surface area contributed by atoms with Crippen LogP contribution in [-0.4, -0.2) is 87.2 Å². The van der Waals surface area contributed by atoms with Crippen LogP contribution >= 0.6 is 0 Å². The first-order chi connectivity index (χ1) is 10.2. The van der Waals surface area contributed by atoms with Crippen molar-refractivity contribution in [2.75, 3.05) is 66.5 Å². The lowest BCUT2D eigenvalue weighted by Crippen LogP contribution is -2.50. The molecule has 21 heavy (non-hydrogen) atoms. The second-order valence-electron chi connectivity index (χ2n) is 7.20. The number of hydrogen-bond acceptors (Lipinski definition) is 4. The van der Waals surface area contributed by atoms with E-state index in [-0.39, 0.29) is 0 Å². The Balaban J connectivity index is 1.65. The Morgan fingerprint density at radius 3 is 2.43 bits per heavy atom. The van der Waals surface area contributed by atoms with Gasteiger partial charge in [0.25, 0.3) is 0 Å². The first-order valence-electron chi connectivity index (χ1n) is 9.02. The average Bonchev–Trinajstić information content (AvgIpc) is 2.91. The fraction of sp³-hybridized carbons (Fsp3) is 1.00. The minimum atomic E-state index is 0.789. The monoisotopic (exact) mass is 296 g/mol. The van der Waals surface area contributed by atoms with E-state index >= 15 is 0 Å². The Morgan fingerprint density at radius 1 is 1.05 bits per heavy atom. The molecule has 0 amide bonds. The quantitative estimate of drug-likeness (QED) is 0.729. The summed E-state index contributed by atoms with van der Waals surface area (Å²) in [5, 5.41) is 3.77. The van der Waals surface area contributed by atoms with Crippen LogP contribution in [0.5, 0.6) is 0 Å². The summed E-state index contributed by atoms with van der Waals surface area (Å²) < 4.78 is 0. The zero-order chi connectivity index (χ0) is 15.1. The van der Waals surface area contributed by atoms with Crippen molar-refractivity contribution in [1.29, 1.82) is 0 Å². The van der Waals surface area contributed by atoms with Crippen LogP contribution in [0, 0.1) is 5.92 Å². The zero-order valence-electron chi connectivity index (χ0n) is 14.5. The molecule has 1 aliphatic heterocycles. The molecule has 124 valence electrons. The van der Waals surface area contributed by atoms with E-state index in [4.69, 9.17) is 0 Å². The molecule has 1 N–H and O–H groups in total. The third-order valence-electron chi connectivity index (χ3n) is 5.14. The summed E-state index contributed by atoms with van der Waals surface area (Å²) in [6.45, 7) is 12.2. The summed E-state index contributed by atoms with van der Waals surface area (Å²) in [5.74, 6) is 0.893. The van der Waals surface area contributed by atoms with Gasteiger partial charge in [-0.25, -0.2) is 0 Å². The fourth-order valence-corrected chi connectivity index (χ4v) is 3.72. The predicted octanol–water partition coefficient (Wildman–Crippen LogP) is 1.33. The molecule has 2 unspecified atom stereocenters.